The van der Waals surface area contributed by atoms with Crippen molar-refractivity contribution in [3.05, 3.63) is 54.0 Å². The third kappa shape index (κ3) is 3.16. The van der Waals surface area contributed by atoms with Gasteiger partial charge >= 0.3 is 0 Å². The van der Waals surface area contributed by atoms with Crippen LogP contribution in [0, 0.1) is 12.7 Å². The predicted molar refractivity (Wildman–Crippen MR) is 65.7 cm³/mol. The van der Waals surface area contributed by atoms with Gasteiger partial charge in [-0.25, -0.2) is 4.39 Å². The number of pyridine rings is 1. The van der Waals surface area contributed by atoms with Crippen molar-refractivity contribution in [2.75, 3.05) is 0 Å². The Morgan fingerprint density at radius 1 is 1.06 bits per heavy atom. The third-order valence-electron chi connectivity index (χ3n) is 2.03. The summed E-state index contributed by atoms with van der Waals surface area (Å²) in [7, 11) is 0. The lowest BCUT2D eigenvalue weighted by Gasteiger charge is -2.00. The van der Waals surface area contributed by atoms with Gasteiger partial charge in [-0.05, 0) is 30.7 Å². The fourth-order valence-electron chi connectivity index (χ4n) is 1.29. The van der Waals surface area contributed by atoms with Gasteiger partial charge in [-0.1, -0.05) is 32.0 Å². The van der Waals surface area contributed by atoms with Crippen molar-refractivity contribution in [2.24, 2.45) is 0 Å². The van der Waals surface area contributed by atoms with Crippen LogP contribution in [0.15, 0.2) is 42.6 Å². The largest absolute Gasteiger partial charge is 0.256 e. The molecule has 0 atom stereocenters. The van der Waals surface area contributed by atoms with Gasteiger partial charge in [-0.2, -0.15) is 0 Å². The quantitative estimate of drug-likeness (QED) is 0.696. The summed E-state index contributed by atoms with van der Waals surface area (Å²) >= 11 is 0. The summed E-state index contributed by atoms with van der Waals surface area (Å²) in [5, 5.41) is 0. The molecule has 0 saturated heterocycles. The first-order chi connectivity index (χ1) is 7.75. The molecule has 0 spiro atoms. The van der Waals surface area contributed by atoms with Crippen molar-refractivity contribution in [3.63, 3.8) is 0 Å². The second-order valence-electron chi connectivity index (χ2n) is 3.23. The summed E-state index contributed by atoms with van der Waals surface area (Å²) in [5.74, 6) is -0.232. The second kappa shape index (κ2) is 6.01. The Hall–Kier alpha value is -1.70. The smallest absolute Gasteiger partial charge is 0.123 e. The number of nitrogens with zero attached hydrogens (tertiary/aromatic N) is 1. The van der Waals surface area contributed by atoms with Gasteiger partial charge in [0.25, 0.3) is 0 Å². The monoisotopic (exact) mass is 217 g/mol. The van der Waals surface area contributed by atoms with Gasteiger partial charge in [-0.3, -0.25) is 4.98 Å². The highest BCUT2D eigenvalue weighted by atomic mass is 19.1. The van der Waals surface area contributed by atoms with Gasteiger partial charge in [-0.15, -0.1) is 0 Å². The number of aromatic nitrogens is 1. The Balaban J connectivity index is 0.000000606. The van der Waals surface area contributed by atoms with Crippen LogP contribution in [0.5, 0.6) is 0 Å². The lowest BCUT2D eigenvalue weighted by molar-refractivity contribution is 0.628. The molecule has 16 heavy (non-hydrogen) atoms. The van der Waals surface area contributed by atoms with Crippen molar-refractivity contribution in [3.8, 4) is 11.3 Å². The Bertz CT molecular complexity index is 435. The van der Waals surface area contributed by atoms with Gasteiger partial charge in [0.05, 0.1) is 5.69 Å². The molecule has 0 saturated carbocycles. The van der Waals surface area contributed by atoms with E-state index in [1.807, 2.05) is 39.0 Å². The Morgan fingerprint density at radius 3 is 2.38 bits per heavy atom. The molecular weight excluding hydrogens is 201 g/mol. The fraction of sp³-hybridized carbons (Fsp3) is 0.214. The van der Waals surface area contributed by atoms with E-state index >= 15 is 0 Å². The predicted octanol–water partition coefficient (Wildman–Crippen LogP) is 4.22. The van der Waals surface area contributed by atoms with E-state index in [0.29, 0.717) is 0 Å². The standard InChI is InChI=1S/C12H10FN.C2H6/c1-9-5-6-12(14-8-9)10-3-2-4-11(13)7-10;1-2/h2-8H,1H3;1-2H3. The van der Waals surface area contributed by atoms with Crippen LogP contribution >= 0.6 is 0 Å². The summed E-state index contributed by atoms with van der Waals surface area (Å²) in [4.78, 5) is 4.22. The average Bonchev–Trinajstić information content (AvgIpc) is 2.32. The minimum absolute atomic E-state index is 0.232. The van der Waals surface area contributed by atoms with E-state index < -0.39 is 0 Å². The third-order valence-corrected chi connectivity index (χ3v) is 2.03. The highest BCUT2D eigenvalue weighted by molar-refractivity contribution is 5.58. The maximum atomic E-state index is 12.9. The molecule has 0 bridgehead atoms. The zero-order valence-corrected chi connectivity index (χ0v) is 9.87. The number of hydrogen-bond donors (Lipinski definition) is 0. The molecule has 2 aromatic rings. The van der Waals surface area contributed by atoms with Gasteiger partial charge < -0.3 is 0 Å². The highest BCUT2D eigenvalue weighted by Crippen LogP contribution is 2.17. The number of aryl methyl sites for hydroxylation is 1. The first-order valence-corrected chi connectivity index (χ1v) is 5.44. The average molecular weight is 217 g/mol. The number of benzene rings is 1. The number of halogens is 1. The summed E-state index contributed by atoms with van der Waals surface area (Å²) < 4.78 is 12.9. The van der Waals surface area contributed by atoms with Crippen LogP contribution in [-0.4, -0.2) is 4.98 Å². The minimum atomic E-state index is -0.232. The molecule has 0 N–H and O–H groups in total. The fourth-order valence-corrected chi connectivity index (χ4v) is 1.29. The van der Waals surface area contributed by atoms with Crippen LogP contribution in [0.2, 0.25) is 0 Å². The Labute approximate surface area is 96.0 Å². The summed E-state index contributed by atoms with van der Waals surface area (Å²) in [6.07, 6.45) is 1.78. The molecule has 0 unspecified atom stereocenters. The van der Waals surface area contributed by atoms with E-state index in [0.717, 1.165) is 16.8 Å². The van der Waals surface area contributed by atoms with Gasteiger partial charge in [0.15, 0.2) is 0 Å². The minimum Gasteiger partial charge on any atom is -0.256 e. The molecule has 0 aliphatic carbocycles. The molecule has 0 aliphatic heterocycles. The lowest BCUT2D eigenvalue weighted by atomic mass is 10.1. The second-order valence-corrected chi connectivity index (χ2v) is 3.23. The van der Waals surface area contributed by atoms with Crippen LogP contribution in [0.1, 0.15) is 19.4 Å². The van der Waals surface area contributed by atoms with Crippen LogP contribution < -0.4 is 0 Å². The molecule has 0 fully saturated rings. The van der Waals surface area contributed by atoms with Crippen LogP contribution in [0.4, 0.5) is 4.39 Å². The Morgan fingerprint density at radius 2 is 1.81 bits per heavy atom. The molecule has 2 heteroatoms. The van der Waals surface area contributed by atoms with Gasteiger partial charge in [0, 0.05) is 11.8 Å². The van der Waals surface area contributed by atoms with E-state index in [-0.39, 0.29) is 5.82 Å². The summed E-state index contributed by atoms with van der Waals surface area (Å²) in [6.45, 7) is 5.97. The molecule has 0 amide bonds. The van der Waals surface area contributed by atoms with Crippen molar-refractivity contribution in [2.45, 2.75) is 20.8 Å². The van der Waals surface area contributed by atoms with Crippen LogP contribution in [-0.2, 0) is 0 Å². The van der Waals surface area contributed by atoms with E-state index in [9.17, 15) is 4.39 Å². The topological polar surface area (TPSA) is 12.9 Å². The molecular formula is C14H16FN. The Kier molecular flexibility index (Phi) is 4.65. The first kappa shape index (κ1) is 12.4. The molecule has 1 aromatic heterocycles. The molecule has 0 radical (unpaired) electrons. The van der Waals surface area contributed by atoms with Gasteiger partial charge in [0.2, 0.25) is 0 Å². The van der Waals surface area contributed by atoms with Crippen molar-refractivity contribution in [1.29, 1.82) is 0 Å². The normalized spacial score (nSPS) is 9.25. The number of hydrogen-bond acceptors (Lipinski definition) is 1. The van der Waals surface area contributed by atoms with E-state index in [4.69, 9.17) is 0 Å². The highest BCUT2D eigenvalue weighted by Gasteiger charge is 1.99. The van der Waals surface area contributed by atoms with Crippen molar-refractivity contribution in [1.82, 2.24) is 4.98 Å². The zero-order chi connectivity index (χ0) is 12.0. The molecule has 1 heterocycles. The SMILES string of the molecule is CC.Cc1ccc(-c2cccc(F)c2)nc1. The molecule has 1 nitrogen and oxygen atoms in total. The maximum absolute atomic E-state index is 12.9. The molecule has 0 aliphatic rings. The van der Waals surface area contributed by atoms with Crippen LogP contribution in [0.25, 0.3) is 11.3 Å². The summed E-state index contributed by atoms with van der Waals surface area (Å²) in [5.41, 5.74) is 2.71. The van der Waals surface area contributed by atoms with E-state index in [2.05, 4.69) is 4.98 Å². The van der Waals surface area contributed by atoms with E-state index in [1.54, 1.807) is 12.3 Å². The zero-order valence-electron chi connectivity index (χ0n) is 9.87. The number of rotatable bonds is 1. The summed E-state index contributed by atoms with van der Waals surface area (Å²) in [6, 6.07) is 10.3. The molecule has 84 valence electrons. The van der Waals surface area contributed by atoms with Crippen molar-refractivity contribution < 1.29 is 4.39 Å². The first-order valence-electron chi connectivity index (χ1n) is 5.44. The van der Waals surface area contributed by atoms with Crippen LogP contribution in [0.3, 0.4) is 0 Å². The molecule has 1 aromatic carbocycles. The lowest BCUT2D eigenvalue weighted by Crippen LogP contribution is -1.84. The van der Waals surface area contributed by atoms with E-state index in [1.165, 1.54) is 12.1 Å². The van der Waals surface area contributed by atoms with Crippen molar-refractivity contribution >= 4 is 0 Å². The van der Waals surface area contributed by atoms with Gasteiger partial charge in [0.1, 0.15) is 5.82 Å². The molecule has 2 rings (SSSR count). The maximum Gasteiger partial charge on any atom is 0.123 e.